The smallest absolute Gasteiger partial charge is 0.272 e. The zero-order chi connectivity index (χ0) is 4.28. The van der Waals surface area contributed by atoms with Crippen molar-refractivity contribution in [3.05, 3.63) is 6.92 Å². The summed E-state index contributed by atoms with van der Waals surface area (Å²) in [5.41, 5.74) is 0. The Hall–Kier alpha value is 0.158. The summed E-state index contributed by atoms with van der Waals surface area (Å²) in [5, 5.41) is 7.66. The molecule has 6 heavy (non-hydrogen) atoms. The Morgan fingerprint density at radius 1 is 1.83 bits per heavy atom. The van der Waals surface area contributed by atoms with Gasteiger partial charge in [-0.2, -0.15) is 0 Å². The molecule has 0 aromatic rings. The summed E-state index contributed by atoms with van der Waals surface area (Å²) in [7, 11) is 0. The van der Waals surface area contributed by atoms with E-state index in [1.807, 2.05) is 0 Å². The largest absolute Gasteiger partial charge is 0.483 e. The molecule has 0 spiro atoms. The molecule has 0 aliphatic rings. The summed E-state index contributed by atoms with van der Waals surface area (Å²) in [6.07, 6.45) is -0.0278. The molecular formula is C3H5O2W-. The van der Waals surface area contributed by atoms with Crippen LogP contribution >= 0.6 is 0 Å². The minimum absolute atomic E-state index is 0. The molecule has 2 nitrogen and oxygen atoms in total. The van der Waals surface area contributed by atoms with Crippen LogP contribution in [0.4, 0.5) is 0 Å². The van der Waals surface area contributed by atoms with E-state index in [-0.39, 0.29) is 27.5 Å². The first-order valence-corrected chi connectivity index (χ1v) is 1.28. The molecule has 0 unspecified atom stereocenters. The summed E-state index contributed by atoms with van der Waals surface area (Å²) in [6.45, 7) is 3.09. The maximum atomic E-state index is 9.31. The minimum atomic E-state index is -0.856. The third kappa shape index (κ3) is 8.90. The fourth-order valence-electron chi connectivity index (χ4n) is 0. The van der Waals surface area contributed by atoms with E-state index in [1.165, 1.54) is 0 Å². The normalized spacial score (nSPS) is 6.17. The monoisotopic (exact) mass is 257 g/mol. The van der Waals surface area contributed by atoms with E-state index in [9.17, 15) is 4.79 Å². The predicted molar refractivity (Wildman–Crippen MR) is 17.6 cm³/mol. The molecule has 0 bridgehead atoms. The van der Waals surface area contributed by atoms with Gasteiger partial charge in [0.25, 0.3) is 5.97 Å². The Morgan fingerprint density at radius 3 is 2.00 bits per heavy atom. The first kappa shape index (κ1) is 9.48. The molecule has 0 amide bonds. The van der Waals surface area contributed by atoms with E-state index < -0.39 is 5.97 Å². The fraction of sp³-hybridized carbons (Fsp3) is 0.333. The van der Waals surface area contributed by atoms with E-state index >= 15 is 0 Å². The number of carbonyl (C=O) groups is 1. The van der Waals surface area contributed by atoms with Gasteiger partial charge in [0, 0.05) is 21.1 Å². The zero-order valence-electron chi connectivity index (χ0n) is 3.18. The van der Waals surface area contributed by atoms with E-state index in [0.717, 1.165) is 0 Å². The molecule has 3 heteroatoms. The van der Waals surface area contributed by atoms with Gasteiger partial charge in [0.1, 0.15) is 0 Å². The van der Waals surface area contributed by atoms with E-state index in [1.54, 1.807) is 0 Å². The molecule has 0 aromatic carbocycles. The zero-order valence-corrected chi connectivity index (χ0v) is 6.11. The average molecular weight is 257 g/mol. The molecule has 36 valence electrons. The Labute approximate surface area is 50.8 Å². The van der Waals surface area contributed by atoms with Gasteiger partial charge in [-0.25, -0.2) is 0 Å². The van der Waals surface area contributed by atoms with Crippen LogP contribution in [0.1, 0.15) is 6.42 Å². The van der Waals surface area contributed by atoms with Gasteiger partial charge in [0.15, 0.2) is 0 Å². The van der Waals surface area contributed by atoms with Gasteiger partial charge in [-0.05, 0) is 0 Å². The first-order chi connectivity index (χ1) is 2.27. The molecule has 1 N–H and O–H groups in total. The predicted octanol–water partition coefficient (Wildman–Crippen LogP) is 0.293. The molecule has 0 saturated heterocycles. The Bertz CT molecular complexity index is 44.1. The molecular weight excluding hydrogens is 252 g/mol. The molecule has 0 fully saturated rings. The van der Waals surface area contributed by atoms with Crippen molar-refractivity contribution >= 4 is 5.97 Å². The van der Waals surface area contributed by atoms with Crippen molar-refractivity contribution in [3.63, 3.8) is 0 Å². The number of carboxylic acids is 1. The molecule has 0 aromatic heterocycles. The van der Waals surface area contributed by atoms with Crippen molar-refractivity contribution in [1.29, 1.82) is 0 Å². The maximum absolute atomic E-state index is 9.31. The van der Waals surface area contributed by atoms with Crippen LogP contribution in [0, 0.1) is 6.92 Å². The Morgan fingerprint density at radius 2 is 2.00 bits per heavy atom. The number of rotatable bonds is 1. The molecule has 0 atom stereocenters. The van der Waals surface area contributed by atoms with Crippen molar-refractivity contribution in [2.24, 2.45) is 0 Å². The third-order valence-corrected chi connectivity index (χ3v) is 0.214. The van der Waals surface area contributed by atoms with Crippen LogP contribution in [-0.4, -0.2) is 11.1 Å². The van der Waals surface area contributed by atoms with Crippen molar-refractivity contribution < 1.29 is 31.0 Å². The molecule has 0 rings (SSSR count). The standard InChI is InChI=1S/C3H5O2.W/c1-2-3(4)5;/h1-2H2,(H,4,5);/q-1;. The summed E-state index contributed by atoms with van der Waals surface area (Å²) < 4.78 is 0. The van der Waals surface area contributed by atoms with Crippen LogP contribution in [0.25, 0.3) is 0 Å². The minimum Gasteiger partial charge on any atom is -0.483 e. The third-order valence-electron chi connectivity index (χ3n) is 0.214. The van der Waals surface area contributed by atoms with Gasteiger partial charge in [-0.3, -0.25) is 4.79 Å². The number of aliphatic carboxylic acids is 1. The fourth-order valence-corrected chi connectivity index (χ4v) is 0. The summed E-state index contributed by atoms with van der Waals surface area (Å²) in [5.74, 6) is -0.856. The van der Waals surface area contributed by atoms with Gasteiger partial charge >= 0.3 is 0 Å². The Balaban J connectivity index is 0. The van der Waals surface area contributed by atoms with Crippen LogP contribution < -0.4 is 0 Å². The van der Waals surface area contributed by atoms with Crippen LogP contribution in [0.2, 0.25) is 0 Å². The summed E-state index contributed by atoms with van der Waals surface area (Å²) in [4.78, 5) is 9.31. The van der Waals surface area contributed by atoms with E-state index in [0.29, 0.717) is 0 Å². The molecule has 0 radical (unpaired) electrons. The quantitative estimate of drug-likeness (QED) is 0.685. The second-order valence-electron chi connectivity index (χ2n) is 0.644. The van der Waals surface area contributed by atoms with Crippen LogP contribution in [-0.2, 0) is 25.9 Å². The molecule has 0 saturated carbocycles. The van der Waals surface area contributed by atoms with Crippen molar-refractivity contribution in [1.82, 2.24) is 0 Å². The van der Waals surface area contributed by atoms with Gasteiger partial charge in [0.2, 0.25) is 0 Å². The van der Waals surface area contributed by atoms with Crippen molar-refractivity contribution in [2.75, 3.05) is 0 Å². The van der Waals surface area contributed by atoms with Crippen molar-refractivity contribution in [2.45, 2.75) is 6.42 Å². The molecule has 0 aliphatic carbocycles. The number of hydrogen-bond donors (Lipinski definition) is 1. The topological polar surface area (TPSA) is 37.3 Å². The van der Waals surface area contributed by atoms with Crippen LogP contribution in [0.15, 0.2) is 0 Å². The SMILES string of the molecule is [CH2-]CC(=O)O.[W]. The second kappa shape index (κ2) is 5.16. The van der Waals surface area contributed by atoms with Crippen LogP contribution in [0.3, 0.4) is 0 Å². The summed E-state index contributed by atoms with van der Waals surface area (Å²) in [6, 6.07) is 0. The first-order valence-electron chi connectivity index (χ1n) is 1.28. The van der Waals surface area contributed by atoms with Gasteiger partial charge in [-0.15, -0.1) is 0 Å². The number of carboxylic acid groups (broad SMARTS) is 1. The second-order valence-corrected chi connectivity index (χ2v) is 0.644. The molecule has 0 heterocycles. The van der Waals surface area contributed by atoms with Gasteiger partial charge < -0.3 is 12.0 Å². The van der Waals surface area contributed by atoms with E-state index in [4.69, 9.17) is 5.11 Å². The van der Waals surface area contributed by atoms with Gasteiger partial charge in [-0.1, -0.05) is 6.42 Å². The Kier molecular flexibility index (Phi) is 8.15. The maximum Gasteiger partial charge on any atom is 0.272 e. The van der Waals surface area contributed by atoms with Crippen LogP contribution in [0.5, 0.6) is 0 Å². The average Bonchev–Trinajstić information content (AvgIpc) is 1.38. The van der Waals surface area contributed by atoms with Gasteiger partial charge in [0.05, 0.1) is 0 Å². The summed E-state index contributed by atoms with van der Waals surface area (Å²) >= 11 is 0. The van der Waals surface area contributed by atoms with E-state index in [2.05, 4.69) is 6.92 Å². The number of hydrogen-bond acceptors (Lipinski definition) is 1. The molecule has 0 aliphatic heterocycles. The van der Waals surface area contributed by atoms with Crippen molar-refractivity contribution in [3.8, 4) is 0 Å².